The Labute approximate surface area is 117 Å². The van der Waals surface area contributed by atoms with Crippen LogP contribution in [0.3, 0.4) is 0 Å². The summed E-state index contributed by atoms with van der Waals surface area (Å²) >= 11 is 2.12. The number of nitrogens with zero attached hydrogens (tertiary/aromatic N) is 1. The maximum Gasteiger partial charge on any atom is 0.0337 e. The van der Waals surface area contributed by atoms with Crippen molar-refractivity contribution in [3.05, 3.63) is 0 Å². The standard InChI is InChI=1S/C15H30N2S/c1-12-7-13(2)9-15(8-12,10-16)17-5-6-18-14(3,4)11-17/h12-13H,5-11,16H2,1-4H3. The Balaban J connectivity index is 2.15. The summed E-state index contributed by atoms with van der Waals surface area (Å²) in [6.45, 7) is 12.8. The quantitative estimate of drug-likeness (QED) is 0.836. The average Bonchev–Trinajstić information content (AvgIpc) is 2.26. The molecule has 0 aromatic carbocycles. The predicted octanol–water partition coefficient (Wildman–Crippen LogP) is 2.97. The highest BCUT2D eigenvalue weighted by Crippen LogP contribution is 2.42. The van der Waals surface area contributed by atoms with Crippen LogP contribution in [0.2, 0.25) is 0 Å². The third-order valence-electron chi connectivity index (χ3n) is 4.74. The van der Waals surface area contributed by atoms with E-state index in [1.54, 1.807) is 0 Å². The van der Waals surface area contributed by atoms with Gasteiger partial charge >= 0.3 is 0 Å². The molecule has 2 unspecified atom stereocenters. The number of thioether (sulfide) groups is 1. The van der Waals surface area contributed by atoms with Gasteiger partial charge in [0.25, 0.3) is 0 Å². The molecule has 2 N–H and O–H groups in total. The van der Waals surface area contributed by atoms with Crippen molar-refractivity contribution in [3.63, 3.8) is 0 Å². The lowest BCUT2D eigenvalue weighted by Crippen LogP contribution is -2.62. The van der Waals surface area contributed by atoms with Crippen molar-refractivity contribution < 1.29 is 0 Å². The van der Waals surface area contributed by atoms with E-state index in [4.69, 9.17) is 5.73 Å². The van der Waals surface area contributed by atoms with Crippen LogP contribution in [-0.4, -0.2) is 40.6 Å². The first kappa shape index (κ1) is 14.7. The second kappa shape index (κ2) is 5.34. The summed E-state index contributed by atoms with van der Waals surface area (Å²) < 4.78 is 0.393. The molecule has 0 aromatic heterocycles. The van der Waals surface area contributed by atoms with E-state index in [1.165, 1.54) is 38.1 Å². The third kappa shape index (κ3) is 3.05. The van der Waals surface area contributed by atoms with Gasteiger partial charge in [0.05, 0.1) is 0 Å². The second-order valence-corrected chi connectivity index (χ2v) is 9.11. The van der Waals surface area contributed by atoms with Gasteiger partial charge in [-0.25, -0.2) is 0 Å². The van der Waals surface area contributed by atoms with Crippen LogP contribution in [0.4, 0.5) is 0 Å². The molecule has 0 amide bonds. The van der Waals surface area contributed by atoms with E-state index < -0.39 is 0 Å². The molecule has 1 aliphatic carbocycles. The molecule has 0 aromatic rings. The zero-order chi connectivity index (χ0) is 13.4. The number of rotatable bonds is 2. The summed E-state index contributed by atoms with van der Waals surface area (Å²) in [6.07, 6.45) is 3.98. The maximum absolute atomic E-state index is 6.23. The van der Waals surface area contributed by atoms with Crippen molar-refractivity contribution in [2.45, 2.75) is 57.2 Å². The lowest BCUT2D eigenvalue weighted by atomic mass is 9.70. The summed E-state index contributed by atoms with van der Waals surface area (Å²) in [5, 5.41) is 0. The topological polar surface area (TPSA) is 29.3 Å². The Morgan fingerprint density at radius 2 is 1.83 bits per heavy atom. The smallest absolute Gasteiger partial charge is 0.0337 e. The largest absolute Gasteiger partial charge is 0.329 e. The van der Waals surface area contributed by atoms with Gasteiger partial charge in [-0.1, -0.05) is 13.8 Å². The summed E-state index contributed by atoms with van der Waals surface area (Å²) in [7, 11) is 0. The van der Waals surface area contributed by atoms with Crippen LogP contribution in [-0.2, 0) is 0 Å². The van der Waals surface area contributed by atoms with E-state index in [0.29, 0.717) is 4.75 Å². The predicted molar refractivity (Wildman–Crippen MR) is 82.1 cm³/mol. The highest BCUT2D eigenvalue weighted by molar-refractivity contribution is 8.00. The van der Waals surface area contributed by atoms with Crippen LogP contribution in [0.15, 0.2) is 0 Å². The van der Waals surface area contributed by atoms with Crippen molar-refractivity contribution >= 4 is 11.8 Å². The van der Waals surface area contributed by atoms with E-state index in [-0.39, 0.29) is 5.54 Å². The molecule has 2 fully saturated rings. The molecule has 0 radical (unpaired) electrons. The van der Waals surface area contributed by atoms with Crippen LogP contribution >= 0.6 is 11.8 Å². The van der Waals surface area contributed by atoms with Crippen LogP contribution in [0.25, 0.3) is 0 Å². The highest BCUT2D eigenvalue weighted by atomic mass is 32.2. The third-order valence-corrected chi connectivity index (χ3v) is 6.04. The molecule has 3 heteroatoms. The van der Waals surface area contributed by atoms with E-state index in [0.717, 1.165) is 18.4 Å². The minimum Gasteiger partial charge on any atom is -0.329 e. The Bertz CT molecular complexity index is 280. The monoisotopic (exact) mass is 270 g/mol. The molecule has 2 aliphatic rings. The molecule has 1 saturated carbocycles. The van der Waals surface area contributed by atoms with Crippen molar-refractivity contribution in [1.82, 2.24) is 4.90 Å². The number of hydrogen-bond donors (Lipinski definition) is 1. The minimum atomic E-state index is 0.287. The van der Waals surface area contributed by atoms with Gasteiger partial charge in [0.2, 0.25) is 0 Å². The van der Waals surface area contributed by atoms with Crippen molar-refractivity contribution in [3.8, 4) is 0 Å². The first-order valence-corrected chi connectivity index (χ1v) is 8.44. The normalized spacial score (nSPS) is 41.8. The zero-order valence-corrected chi connectivity index (χ0v) is 13.4. The summed E-state index contributed by atoms with van der Waals surface area (Å²) in [5.74, 6) is 2.92. The first-order valence-electron chi connectivity index (χ1n) is 7.46. The first-order chi connectivity index (χ1) is 8.37. The van der Waals surface area contributed by atoms with Gasteiger partial charge < -0.3 is 5.73 Å². The van der Waals surface area contributed by atoms with Gasteiger partial charge in [0, 0.05) is 35.7 Å². The summed E-state index contributed by atoms with van der Waals surface area (Å²) in [4.78, 5) is 2.73. The van der Waals surface area contributed by atoms with Gasteiger partial charge in [-0.2, -0.15) is 11.8 Å². The fraction of sp³-hybridized carbons (Fsp3) is 1.00. The molecular formula is C15H30N2S. The van der Waals surface area contributed by atoms with Crippen LogP contribution < -0.4 is 5.73 Å². The molecule has 2 rings (SSSR count). The minimum absolute atomic E-state index is 0.287. The Kier molecular flexibility index (Phi) is 4.35. The highest BCUT2D eigenvalue weighted by Gasteiger charge is 2.44. The maximum atomic E-state index is 6.23. The summed E-state index contributed by atoms with van der Waals surface area (Å²) in [6, 6.07) is 0. The van der Waals surface area contributed by atoms with Gasteiger partial charge in [-0.15, -0.1) is 0 Å². The van der Waals surface area contributed by atoms with E-state index in [2.05, 4.69) is 44.4 Å². The molecule has 106 valence electrons. The van der Waals surface area contributed by atoms with Gasteiger partial charge in [-0.3, -0.25) is 4.90 Å². The van der Waals surface area contributed by atoms with Crippen molar-refractivity contribution in [2.24, 2.45) is 17.6 Å². The van der Waals surface area contributed by atoms with Gasteiger partial charge in [0.15, 0.2) is 0 Å². The molecule has 18 heavy (non-hydrogen) atoms. The fourth-order valence-corrected chi connectivity index (χ4v) is 5.32. The Morgan fingerprint density at radius 1 is 1.22 bits per heavy atom. The van der Waals surface area contributed by atoms with Crippen molar-refractivity contribution in [1.29, 1.82) is 0 Å². The lowest BCUT2D eigenvalue weighted by Gasteiger charge is -2.53. The van der Waals surface area contributed by atoms with E-state index in [1.807, 2.05) is 0 Å². The zero-order valence-electron chi connectivity index (χ0n) is 12.5. The molecular weight excluding hydrogens is 240 g/mol. The molecule has 2 atom stereocenters. The number of nitrogens with two attached hydrogens (primary N) is 1. The fourth-order valence-electron chi connectivity index (χ4n) is 4.21. The number of hydrogen-bond acceptors (Lipinski definition) is 3. The summed E-state index contributed by atoms with van der Waals surface area (Å²) in [5.41, 5.74) is 6.52. The SMILES string of the molecule is CC1CC(C)CC(CN)(N2CCSC(C)(C)C2)C1. The molecule has 1 heterocycles. The Hall–Kier alpha value is 0.270. The van der Waals surface area contributed by atoms with Gasteiger partial charge in [0.1, 0.15) is 0 Å². The van der Waals surface area contributed by atoms with Crippen LogP contribution in [0, 0.1) is 11.8 Å². The van der Waals surface area contributed by atoms with Gasteiger partial charge in [-0.05, 0) is 44.9 Å². The van der Waals surface area contributed by atoms with Crippen LogP contribution in [0.1, 0.15) is 47.0 Å². The molecule has 2 nitrogen and oxygen atoms in total. The van der Waals surface area contributed by atoms with E-state index >= 15 is 0 Å². The molecule has 0 bridgehead atoms. The molecule has 1 saturated heterocycles. The van der Waals surface area contributed by atoms with E-state index in [9.17, 15) is 0 Å². The second-order valence-electron chi connectivity index (χ2n) is 7.31. The Morgan fingerprint density at radius 3 is 2.33 bits per heavy atom. The molecule has 0 spiro atoms. The average molecular weight is 270 g/mol. The van der Waals surface area contributed by atoms with Crippen LogP contribution in [0.5, 0.6) is 0 Å². The van der Waals surface area contributed by atoms with Crippen molar-refractivity contribution in [2.75, 3.05) is 25.4 Å². The lowest BCUT2D eigenvalue weighted by molar-refractivity contribution is 0.0163. The molecule has 1 aliphatic heterocycles.